The molecule has 3 rings (SSSR count). The lowest BCUT2D eigenvalue weighted by molar-refractivity contribution is -0.117. The second kappa shape index (κ2) is 7.60. The molecular weight excluding hydrogens is 320 g/mol. The molecule has 0 bridgehead atoms. The third kappa shape index (κ3) is 3.61. The average Bonchev–Trinajstić information content (AvgIpc) is 3.23. The van der Waals surface area contributed by atoms with Gasteiger partial charge in [-0.15, -0.1) is 0 Å². The van der Waals surface area contributed by atoms with Gasteiger partial charge in [0.2, 0.25) is 5.91 Å². The first-order valence-corrected chi connectivity index (χ1v) is 9.94. The third-order valence-electron chi connectivity index (χ3n) is 5.11. The number of nitrogens with zero attached hydrogens (tertiary/aromatic N) is 2. The van der Waals surface area contributed by atoms with E-state index in [1.807, 2.05) is 48.0 Å². The molecule has 1 saturated heterocycles. The topological polar surface area (TPSA) is 40.6 Å². The summed E-state index contributed by atoms with van der Waals surface area (Å²) in [4.78, 5) is 28.5. The molecule has 4 nitrogen and oxygen atoms in total. The van der Waals surface area contributed by atoms with E-state index in [9.17, 15) is 9.59 Å². The number of carbonyl (C=O) groups is 2. The van der Waals surface area contributed by atoms with Gasteiger partial charge in [-0.25, -0.2) is 0 Å². The summed E-state index contributed by atoms with van der Waals surface area (Å²) in [5, 5.41) is 0.684. The Hall–Kier alpha value is -1.49. The number of anilines is 1. The monoisotopic (exact) mass is 346 g/mol. The smallest absolute Gasteiger partial charge is 0.253 e. The van der Waals surface area contributed by atoms with E-state index in [0.717, 1.165) is 37.2 Å². The second-order valence-electron chi connectivity index (χ2n) is 6.66. The fraction of sp³-hybridized carbons (Fsp3) is 0.579. The molecule has 2 fully saturated rings. The Kier molecular flexibility index (Phi) is 5.49. The molecule has 2 atom stereocenters. The molecule has 0 N–H and O–H groups in total. The molecule has 1 aromatic rings. The van der Waals surface area contributed by atoms with E-state index in [0.29, 0.717) is 23.3 Å². The second-order valence-corrected chi connectivity index (χ2v) is 8.24. The lowest BCUT2D eigenvalue weighted by Crippen LogP contribution is -2.35. The van der Waals surface area contributed by atoms with Crippen molar-refractivity contribution in [3.05, 3.63) is 29.8 Å². The molecule has 1 heterocycles. The number of hydrogen-bond acceptors (Lipinski definition) is 3. The summed E-state index contributed by atoms with van der Waals surface area (Å²) in [7, 11) is 1.92. The van der Waals surface area contributed by atoms with Crippen molar-refractivity contribution in [1.29, 1.82) is 0 Å². The Morgan fingerprint density at radius 2 is 2.21 bits per heavy atom. The summed E-state index contributed by atoms with van der Waals surface area (Å²) >= 11 is 2.00. The van der Waals surface area contributed by atoms with Crippen LogP contribution in [0, 0.1) is 0 Å². The lowest BCUT2D eigenvalue weighted by atomic mass is 10.1. The van der Waals surface area contributed by atoms with Crippen molar-refractivity contribution in [3.8, 4) is 0 Å². The number of amides is 2. The first-order chi connectivity index (χ1) is 11.6. The first-order valence-electron chi connectivity index (χ1n) is 8.89. The SMILES string of the molecule is CCS[C@@H]1CC[C@@H](N(C)C(=O)c2cccc(N3CCCC3=O)c2)C1. The molecule has 2 aliphatic rings. The van der Waals surface area contributed by atoms with E-state index in [1.165, 1.54) is 6.42 Å². The van der Waals surface area contributed by atoms with Crippen LogP contribution in [0.3, 0.4) is 0 Å². The zero-order valence-corrected chi connectivity index (χ0v) is 15.3. The molecule has 1 saturated carbocycles. The molecule has 2 amide bonds. The molecule has 0 unspecified atom stereocenters. The molecule has 0 radical (unpaired) electrons. The predicted octanol–water partition coefficient (Wildman–Crippen LogP) is 3.56. The highest BCUT2D eigenvalue weighted by Gasteiger charge is 2.30. The molecule has 1 aliphatic carbocycles. The van der Waals surface area contributed by atoms with E-state index < -0.39 is 0 Å². The van der Waals surface area contributed by atoms with Gasteiger partial charge in [-0.3, -0.25) is 9.59 Å². The highest BCUT2D eigenvalue weighted by Crippen LogP contribution is 2.33. The van der Waals surface area contributed by atoms with Gasteiger partial charge in [-0.05, 0) is 49.6 Å². The molecular formula is C19H26N2O2S. The number of rotatable bonds is 5. The fourth-order valence-electron chi connectivity index (χ4n) is 3.75. The molecule has 130 valence electrons. The van der Waals surface area contributed by atoms with Gasteiger partial charge in [-0.2, -0.15) is 11.8 Å². The number of thioether (sulfide) groups is 1. The zero-order valence-electron chi connectivity index (χ0n) is 14.5. The Morgan fingerprint density at radius 3 is 2.92 bits per heavy atom. The van der Waals surface area contributed by atoms with Crippen LogP contribution in [-0.4, -0.2) is 47.4 Å². The summed E-state index contributed by atoms with van der Waals surface area (Å²) in [6.45, 7) is 2.95. The summed E-state index contributed by atoms with van der Waals surface area (Å²) in [6, 6.07) is 7.86. The Morgan fingerprint density at radius 1 is 1.38 bits per heavy atom. The highest BCUT2D eigenvalue weighted by molar-refractivity contribution is 7.99. The van der Waals surface area contributed by atoms with Gasteiger partial charge in [0.15, 0.2) is 0 Å². The van der Waals surface area contributed by atoms with Crippen molar-refractivity contribution in [2.45, 2.75) is 50.3 Å². The van der Waals surface area contributed by atoms with Crippen molar-refractivity contribution in [1.82, 2.24) is 4.90 Å². The lowest BCUT2D eigenvalue weighted by Gasteiger charge is -2.25. The molecule has 24 heavy (non-hydrogen) atoms. The van der Waals surface area contributed by atoms with Gasteiger partial charge in [0.05, 0.1) is 0 Å². The maximum atomic E-state index is 12.9. The summed E-state index contributed by atoms with van der Waals surface area (Å²) < 4.78 is 0. The van der Waals surface area contributed by atoms with E-state index in [2.05, 4.69) is 6.92 Å². The van der Waals surface area contributed by atoms with Gasteiger partial charge < -0.3 is 9.80 Å². The number of carbonyl (C=O) groups excluding carboxylic acids is 2. The van der Waals surface area contributed by atoms with Crippen molar-refractivity contribution in [2.24, 2.45) is 0 Å². The van der Waals surface area contributed by atoms with Crippen LogP contribution < -0.4 is 4.90 Å². The molecule has 5 heteroatoms. The van der Waals surface area contributed by atoms with Crippen molar-refractivity contribution >= 4 is 29.3 Å². The van der Waals surface area contributed by atoms with Crippen molar-refractivity contribution < 1.29 is 9.59 Å². The normalized spacial score (nSPS) is 23.8. The standard InChI is InChI=1S/C19H26N2O2S/c1-3-24-17-10-9-15(13-17)20(2)19(23)14-6-4-7-16(12-14)21-11-5-8-18(21)22/h4,6-7,12,15,17H,3,5,8-11,13H2,1-2H3/t15-,17-/m1/s1. The van der Waals surface area contributed by atoms with Gasteiger partial charge in [0.1, 0.15) is 0 Å². The quantitative estimate of drug-likeness (QED) is 0.818. The van der Waals surface area contributed by atoms with Crippen LogP contribution in [0.15, 0.2) is 24.3 Å². The predicted molar refractivity (Wildman–Crippen MR) is 99.7 cm³/mol. The van der Waals surface area contributed by atoms with Crippen LogP contribution >= 0.6 is 11.8 Å². The first kappa shape index (κ1) is 17.3. The van der Waals surface area contributed by atoms with E-state index >= 15 is 0 Å². The maximum absolute atomic E-state index is 12.9. The van der Waals surface area contributed by atoms with Crippen LogP contribution in [-0.2, 0) is 4.79 Å². The zero-order chi connectivity index (χ0) is 17.1. The highest BCUT2D eigenvalue weighted by atomic mass is 32.2. The van der Waals surface area contributed by atoms with Crippen LogP contribution in [0.5, 0.6) is 0 Å². The summed E-state index contributed by atoms with van der Waals surface area (Å²) in [5.41, 5.74) is 1.53. The maximum Gasteiger partial charge on any atom is 0.253 e. The van der Waals surface area contributed by atoms with E-state index in [4.69, 9.17) is 0 Å². The Labute approximate surface area is 148 Å². The van der Waals surface area contributed by atoms with Crippen LogP contribution in [0.25, 0.3) is 0 Å². The minimum absolute atomic E-state index is 0.0654. The third-order valence-corrected chi connectivity index (χ3v) is 6.34. The van der Waals surface area contributed by atoms with E-state index in [1.54, 1.807) is 4.90 Å². The Balaban J connectivity index is 1.69. The van der Waals surface area contributed by atoms with Gasteiger partial charge in [0, 0.05) is 42.6 Å². The van der Waals surface area contributed by atoms with Gasteiger partial charge >= 0.3 is 0 Å². The number of benzene rings is 1. The molecule has 1 aliphatic heterocycles. The van der Waals surface area contributed by atoms with Crippen LogP contribution in [0.4, 0.5) is 5.69 Å². The minimum Gasteiger partial charge on any atom is -0.339 e. The molecule has 1 aromatic carbocycles. The van der Waals surface area contributed by atoms with Gasteiger partial charge in [-0.1, -0.05) is 13.0 Å². The number of hydrogen-bond donors (Lipinski definition) is 0. The fourth-order valence-corrected chi connectivity index (χ4v) is 4.89. The van der Waals surface area contributed by atoms with Crippen molar-refractivity contribution in [3.63, 3.8) is 0 Å². The summed E-state index contributed by atoms with van der Waals surface area (Å²) in [6.07, 6.45) is 4.88. The van der Waals surface area contributed by atoms with Crippen molar-refractivity contribution in [2.75, 3.05) is 24.2 Å². The van der Waals surface area contributed by atoms with Gasteiger partial charge in [0.25, 0.3) is 5.91 Å². The Bertz CT molecular complexity index is 619. The molecule has 0 spiro atoms. The minimum atomic E-state index is 0.0654. The van der Waals surface area contributed by atoms with E-state index in [-0.39, 0.29) is 11.8 Å². The van der Waals surface area contributed by atoms with Crippen LogP contribution in [0.2, 0.25) is 0 Å². The largest absolute Gasteiger partial charge is 0.339 e. The average molecular weight is 346 g/mol. The molecule has 0 aromatic heterocycles. The van der Waals surface area contributed by atoms with Crippen LogP contribution in [0.1, 0.15) is 49.4 Å². The summed E-state index contributed by atoms with van der Waals surface area (Å²) in [5.74, 6) is 1.36.